The number of unbranched alkanes of at least 4 members (excludes halogenated alkanes) is 9. The van der Waals surface area contributed by atoms with Crippen LogP contribution in [0.15, 0.2) is 0 Å². The largest absolute Gasteiger partial charge is 0.391 e. The Morgan fingerprint density at radius 2 is 1.35 bits per heavy atom. The molecule has 0 saturated heterocycles. The molecule has 0 bridgehead atoms. The van der Waals surface area contributed by atoms with Gasteiger partial charge in [-0.25, -0.2) is 0 Å². The quantitative estimate of drug-likeness (QED) is 0.393. The van der Waals surface area contributed by atoms with Gasteiger partial charge in [0.2, 0.25) is 0 Å². The van der Waals surface area contributed by atoms with Gasteiger partial charge in [0, 0.05) is 13.0 Å². The maximum Gasteiger partial charge on any atom is 0.129 e. The summed E-state index contributed by atoms with van der Waals surface area (Å²) >= 11 is 0. The fraction of sp³-hybridized carbons (Fsp3) is 0.950. The number of aliphatic hydroxyl groups is 1. The summed E-state index contributed by atoms with van der Waals surface area (Å²) in [5.74, 6) is 0.318. The van der Waals surface area contributed by atoms with E-state index >= 15 is 0 Å². The maximum atomic E-state index is 10.3. The minimum Gasteiger partial charge on any atom is -0.391 e. The van der Waals surface area contributed by atoms with Crippen molar-refractivity contribution in [3.05, 3.63) is 0 Å². The van der Waals surface area contributed by atoms with Crippen LogP contribution in [0.25, 0.3) is 0 Å². The smallest absolute Gasteiger partial charge is 0.129 e. The van der Waals surface area contributed by atoms with E-state index in [0.717, 1.165) is 25.9 Å². The summed E-state index contributed by atoms with van der Waals surface area (Å²) in [4.78, 5) is 10.3. The average molecular weight is 331 g/mol. The Morgan fingerprint density at radius 1 is 0.870 bits per heavy atom. The number of carbonyl (C=O) groups is 1. The molecular formula is C20H42O3. The Bertz CT molecular complexity index is 227. The van der Waals surface area contributed by atoms with Gasteiger partial charge in [-0.3, -0.25) is 0 Å². The lowest BCUT2D eigenvalue weighted by molar-refractivity contribution is -0.117. The second-order valence-electron chi connectivity index (χ2n) is 6.56. The molecule has 0 aliphatic rings. The molecule has 0 spiro atoms. The summed E-state index contributed by atoms with van der Waals surface area (Å²) in [6, 6.07) is 0. The highest BCUT2D eigenvalue weighted by Gasteiger charge is 1.95. The molecule has 0 fully saturated rings. The fourth-order valence-corrected chi connectivity index (χ4v) is 2.22. The van der Waals surface area contributed by atoms with Crippen molar-refractivity contribution < 1.29 is 14.6 Å². The molecule has 3 heteroatoms. The van der Waals surface area contributed by atoms with E-state index in [1.54, 1.807) is 13.8 Å². The number of hydrogen-bond acceptors (Lipinski definition) is 3. The summed E-state index contributed by atoms with van der Waals surface area (Å²) in [6.45, 7) is 9.08. The standard InChI is InChI=1S/C13H28O2.C7H14O/c1-3-4-5-6-7-8-9-10-11-15-12-13(2)14;1-3-4-5-6-7(2)8/h13-14H,3-12H2,1-2H3;3-6H2,1-2H3. The van der Waals surface area contributed by atoms with Crippen LogP contribution < -0.4 is 0 Å². The molecule has 0 rings (SSSR count). The van der Waals surface area contributed by atoms with Crippen molar-refractivity contribution in [2.24, 2.45) is 0 Å². The van der Waals surface area contributed by atoms with E-state index in [2.05, 4.69) is 13.8 Å². The molecule has 1 atom stereocenters. The topological polar surface area (TPSA) is 46.5 Å². The number of ketones is 1. The second kappa shape index (κ2) is 21.6. The molecule has 0 amide bonds. The fourth-order valence-electron chi connectivity index (χ4n) is 2.22. The van der Waals surface area contributed by atoms with Crippen LogP contribution in [0, 0.1) is 0 Å². The molecule has 0 aromatic heterocycles. The van der Waals surface area contributed by atoms with Gasteiger partial charge in [0.1, 0.15) is 5.78 Å². The molecule has 0 saturated carbocycles. The van der Waals surface area contributed by atoms with E-state index in [4.69, 9.17) is 9.84 Å². The van der Waals surface area contributed by atoms with E-state index in [9.17, 15) is 4.79 Å². The predicted molar refractivity (Wildman–Crippen MR) is 99.9 cm³/mol. The summed E-state index contributed by atoms with van der Waals surface area (Å²) in [5.41, 5.74) is 0. The molecule has 0 radical (unpaired) electrons. The highest BCUT2D eigenvalue weighted by molar-refractivity contribution is 5.75. The zero-order valence-corrected chi connectivity index (χ0v) is 16.2. The average Bonchev–Trinajstić information content (AvgIpc) is 2.49. The number of Topliss-reactive ketones (excluding diaryl/α,β-unsaturated/α-hetero) is 1. The minimum atomic E-state index is -0.320. The highest BCUT2D eigenvalue weighted by Crippen LogP contribution is 2.08. The molecule has 3 nitrogen and oxygen atoms in total. The molecule has 0 aromatic carbocycles. The SMILES string of the molecule is CCCCCC(C)=O.CCCCCCCCCCOCC(C)O. The van der Waals surface area contributed by atoms with Gasteiger partial charge in [-0.2, -0.15) is 0 Å². The first-order valence-corrected chi connectivity index (χ1v) is 9.79. The third-order valence-corrected chi connectivity index (χ3v) is 3.63. The molecule has 0 aromatic rings. The Kier molecular flexibility index (Phi) is 23.3. The molecular weight excluding hydrogens is 288 g/mol. The number of aliphatic hydroxyl groups excluding tert-OH is 1. The van der Waals surface area contributed by atoms with Crippen molar-refractivity contribution >= 4 is 5.78 Å². The van der Waals surface area contributed by atoms with Gasteiger partial charge in [-0.1, -0.05) is 71.6 Å². The van der Waals surface area contributed by atoms with Crippen molar-refractivity contribution in [2.45, 2.75) is 111 Å². The van der Waals surface area contributed by atoms with Crippen LogP contribution in [0.5, 0.6) is 0 Å². The van der Waals surface area contributed by atoms with Gasteiger partial charge < -0.3 is 14.6 Å². The molecule has 140 valence electrons. The van der Waals surface area contributed by atoms with Crippen LogP contribution in [0.1, 0.15) is 105 Å². The minimum absolute atomic E-state index is 0.318. The first-order valence-electron chi connectivity index (χ1n) is 9.79. The number of ether oxygens (including phenoxy) is 1. The lowest BCUT2D eigenvalue weighted by Crippen LogP contribution is -2.10. The van der Waals surface area contributed by atoms with E-state index in [1.165, 1.54) is 57.8 Å². The highest BCUT2D eigenvalue weighted by atomic mass is 16.5. The van der Waals surface area contributed by atoms with Crippen molar-refractivity contribution in [3.8, 4) is 0 Å². The zero-order valence-electron chi connectivity index (χ0n) is 16.2. The Balaban J connectivity index is 0. The van der Waals surface area contributed by atoms with Crippen LogP contribution in [-0.4, -0.2) is 30.2 Å². The van der Waals surface area contributed by atoms with Crippen molar-refractivity contribution in [3.63, 3.8) is 0 Å². The third-order valence-electron chi connectivity index (χ3n) is 3.63. The van der Waals surface area contributed by atoms with E-state index in [1.807, 2.05) is 0 Å². The van der Waals surface area contributed by atoms with Gasteiger partial charge in [0.25, 0.3) is 0 Å². The lowest BCUT2D eigenvalue weighted by Gasteiger charge is -2.05. The summed E-state index contributed by atoms with van der Waals surface area (Å²) in [6.07, 6.45) is 14.5. The molecule has 1 unspecified atom stereocenters. The van der Waals surface area contributed by atoms with Crippen LogP contribution in [0.3, 0.4) is 0 Å². The van der Waals surface area contributed by atoms with Gasteiger partial charge in [0.05, 0.1) is 12.7 Å². The summed E-state index contributed by atoms with van der Waals surface area (Å²) < 4.78 is 5.29. The Labute approximate surface area is 145 Å². The third kappa shape index (κ3) is 30.1. The molecule has 1 N–H and O–H groups in total. The van der Waals surface area contributed by atoms with Gasteiger partial charge in [-0.05, 0) is 26.7 Å². The predicted octanol–water partition coefficient (Wildman–Crippen LogP) is 5.68. The normalized spacial score (nSPS) is 11.7. The molecule has 23 heavy (non-hydrogen) atoms. The van der Waals surface area contributed by atoms with Crippen molar-refractivity contribution in [1.82, 2.24) is 0 Å². The first kappa shape index (κ1) is 24.8. The van der Waals surface area contributed by atoms with Gasteiger partial charge >= 0.3 is 0 Å². The number of rotatable bonds is 15. The van der Waals surface area contributed by atoms with Crippen molar-refractivity contribution in [2.75, 3.05) is 13.2 Å². The Hall–Kier alpha value is -0.410. The molecule has 0 aliphatic carbocycles. The van der Waals surface area contributed by atoms with Crippen molar-refractivity contribution in [1.29, 1.82) is 0 Å². The Morgan fingerprint density at radius 3 is 1.83 bits per heavy atom. The van der Waals surface area contributed by atoms with Crippen LogP contribution >= 0.6 is 0 Å². The van der Waals surface area contributed by atoms with E-state index in [-0.39, 0.29) is 6.10 Å². The van der Waals surface area contributed by atoms with Gasteiger partial charge in [0.15, 0.2) is 0 Å². The van der Waals surface area contributed by atoms with E-state index < -0.39 is 0 Å². The van der Waals surface area contributed by atoms with Crippen LogP contribution in [-0.2, 0) is 9.53 Å². The summed E-state index contributed by atoms with van der Waals surface area (Å²) in [7, 11) is 0. The second-order valence-corrected chi connectivity index (χ2v) is 6.56. The van der Waals surface area contributed by atoms with Crippen LogP contribution in [0.2, 0.25) is 0 Å². The monoisotopic (exact) mass is 330 g/mol. The first-order chi connectivity index (χ1) is 11.0. The molecule has 0 heterocycles. The van der Waals surface area contributed by atoms with Crippen LogP contribution in [0.4, 0.5) is 0 Å². The van der Waals surface area contributed by atoms with Gasteiger partial charge in [-0.15, -0.1) is 0 Å². The maximum absolute atomic E-state index is 10.3. The zero-order chi connectivity index (χ0) is 17.8. The number of hydrogen-bond donors (Lipinski definition) is 1. The summed E-state index contributed by atoms with van der Waals surface area (Å²) in [5, 5.41) is 8.95. The number of carbonyl (C=O) groups excluding carboxylic acids is 1. The molecule has 0 aliphatic heterocycles. The van der Waals surface area contributed by atoms with E-state index in [0.29, 0.717) is 12.4 Å². The lowest BCUT2D eigenvalue weighted by atomic mass is 10.1.